The number of hydrogen-bond donors (Lipinski definition) is 1. The highest BCUT2D eigenvalue weighted by atomic mass is 32.2. The van der Waals surface area contributed by atoms with Gasteiger partial charge in [-0.15, -0.1) is 21.5 Å². The van der Waals surface area contributed by atoms with E-state index in [1.165, 1.54) is 23.1 Å². The number of aryl methyl sites for hydroxylation is 2. The first-order chi connectivity index (χ1) is 13.4. The van der Waals surface area contributed by atoms with Gasteiger partial charge in [0.2, 0.25) is 5.91 Å². The molecular weight excluding hydrogens is 394 g/mol. The molecule has 1 aromatic carbocycles. The Bertz CT molecular complexity index is 1110. The van der Waals surface area contributed by atoms with Gasteiger partial charge >= 0.3 is 0 Å². The van der Waals surface area contributed by atoms with Crippen molar-refractivity contribution in [3.63, 3.8) is 0 Å². The number of thiazole rings is 1. The number of amides is 1. The number of nitrogens with one attached hydrogen (secondary N) is 1. The Labute approximate surface area is 170 Å². The van der Waals surface area contributed by atoms with Crippen molar-refractivity contribution in [2.75, 3.05) is 5.32 Å². The molecule has 0 fully saturated rings. The van der Waals surface area contributed by atoms with E-state index in [0.29, 0.717) is 21.9 Å². The molecule has 3 aromatic heterocycles. The molecule has 0 aliphatic carbocycles. The topological polar surface area (TPSA) is 85.8 Å². The minimum Gasteiger partial charge on any atom is -0.453 e. The van der Waals surface area contributed by atoms with E-state index in [2.05, 4.69) is 20.5 Å². The molecule has 0 radical (unpaired) electrons. The average molecular weight is 414 g/mol. The van der Waals surface area contributed by atoms with Crippen LogP contribution in [0.15, 0.2) is 39.9 Å². The molecule has 3 heterocycles. The molecule has 0 aliphatic rings. The van der Waals surface area contributed by atoms with Crippen LogP contribution in [-0.4, -0.2) is 30.9 Å². The van der Waals surface area contributed by atoms with Crippen LogP contribution in [-0.2, 0) is 11.8 Å². The van der Waals surface area contributed by atoms with Crippen molar-refractivity contribution in [3.8, 4) is 11.6 Å². The van der Waals surface area contributed by atoms with Gasteiger partial charge in [-0.1, -0.05) is 30.0 Å². The van der Waals surface area contributed by atoms with Crippen LogP contribution in [0.5, 0.6) is 0 Å². The standard InChI is InChI=1S/C19H19N5O2S2/c1-10-11(2)27-18(20-10)21-17(25)12(3)28-19-23-22-16(24(19)4)15-9-13-7-5-6-8-14(13)26-15/h5-9,12H,1-4H3,(H,20,21,25)/t12-/m1/s1. The zero-order valence-electron chi connectivity index (χ0n) is 15.9. The normalized spacial score (nSPS) is 12.4. The molecule has 7 nitrogen and oxygen atoms in total. The Kier molecular flexibility index (Phi) is 4.94. The summed E-state index contributed by atoms with van der Waals surface area (Å²) in [5.41, 5.74) is 1.74. The number of para-hydroxylation sites is 1. The summed E-state index contributed by atoms with van der Waals surface area (Å²) in [6.45, 7) is 5.75. The van der Waals surface area contributed by atoms with Crippen molar-refractivity contribution >= 4 is 45.1 Å². The minimum atomic E-state index is -0.351. The summed E-state index contributed by atoms with van der Waals surface area (Å²) in [7, 11) is 1.86. The third-order valence-corrected chi connectivity index (χ3v) is 6.51. The zero-order chi connectivity index (χ0) is 19.8. The molecule has 4 aromatic rings. The van der Waals surface area contributed by atoms with Crippen molar-refractivity contribution < 1.29 is 9.21 Å². The number of rotatable bonds is 5. The second kappa shape index (κ2) is 7.40. The Morgan fingerprint density at radius 2 is 2.07 bits per heavy atom. The van der Waals surface area contributed by atoms with Crippen molar-refractivity contribution in [3.05, 3.63) is 40.9 Å². The van der Waals surface area contributed by atoms with E-state index >= 15 is 0 Å². The number of fused-ring (bicyclic) bond motifs is 1. The van der Waals surface area contributed by atoms with E-state index in [4.69, 9.17) is 4.42 Å². The number of aromatic nitrogens is 4. The Morgan fingerprint density at radius 1 is 1.29 bits per heavy atom. The van der Waals surface area contributed by atoms with Gasteiger partial charge in [0.25, 0.3) is 0 Å². The predicted octanol–water partition coefficient (Wildman–Crippen LogP) is 4.42. The van der Waals surface area contributed by atoms with E-state index in [0.717, 1.165) is 21.5 Å². The molecule has 28 heavy (non-hydrogen) atoms. The van der Waals surface area contributed by atoms with Crippen molar-refractivity contribution in [1.82, 2.24) is 19.7 Å². The first-order valence-electron chi connectivity index (χ1n) is 8.72. The number of furan rings is 1. The smallest absolute Gasteiger partial charge is 0.239 e. The SMILES string of the molecule is Cc1nc(NC(=O)[C@@H](C)Sc2nnc(-c3cc4ccccc4o3)n2C)sc1C. The summed E-state index contributed by atoms with van der Waals surface area (Å²) < 4.78 is 7.71. The van der Waals surface area contributed by atoms with Crippen LogP contribution in [0, 0.1) is 13.8 Å². The second-order valence-corrected chi connectivity index (χ2v) is 8.93. The van der Waals surface area contributed by atoms with Crippen molar-refractivity contribution in [2.24, 2.45) is 7.05 Å². The van der Waals surface area contributed by atoms with Gasteiger partial charge in [0.1, 0.15) is 5.58 Å². The van der Waals surface area contributed by atoms with Crippen LogP contribution in [0.2, 0.25) is 0 Å². The van der Waals surface area contributed by atoms with Crippen LogP contribution in [0.25, 0.3) is 22.6 Å². The number of benzene rings is 1. The molecule has 1 N–H and O–H groups in total. The third kappa shape index (κ3) is 3.55. The second-order valence-electron chi connectivity index (χ2n) is 6.42. The maximum absolute atomic E-state index is 12.5. The lowest BCUT2D eigenvalue weighted by Gasteiger charge is -2.09. The van der Waals surface area contributed by atoms with Gasteiger partial charge in [0.15, 0.2) is 21.9 Å². The van der Waals surface area contributed by atoms with Gasteiger partial charge in [-0.3, -0.25) is 4.79 Å². The minimum absolute atomic E-state index is 0.118. The van der Waals surface area contributed by atoms with Crippen LogP contribution in [0.1, 0.15) is 17.5 Å². The third-order valence-electron chi connectivity index (χ3n) is 4.39. The number of anilines is 1. The molecule has 0 saturated carbocycles. The summed E-state index contributed by atoms with van der Waals surface area (Å²) in [4.78, 5) is 18.0. The molecule has 0 bridgehead atoms. The van der Waals surface area contributed by atoms with Crippen LogP contribution in [0.4, 0.5) is 5.13 Å². The zero-order valence-corrected chi connectivity index (χ0v) is 17.5. The molecule has 9 heteroatoms. The van der Waals surface area contributed by atoms with E-state index in [1.807, 2.05) is 62.7 Å². The lowest BCUT2D eigenvalue weighted by molar-refractivity contribution is -0.115. The van der Waals surface area contributed by atoms with Crippen LogP contribution >= 0.6 is 23.1 Å². The Morgan fingerprint density at radius 3 is 2.79 bits per heavy atom. The Hall–Kier alpha value is -2.65. The molecule has 1 atom stereocenters. The maximum atomic E-state index is 12.5. The highest BCUT2D eigenvalue weighted by Crippen LogP contribution is 2.30. The predicted molar refractivity (Wildman–Crippen MR) is 112 cm³/mol. The van der Waals surface area contributed by atoms with Gasteiger partial charge < -0.3 is 14.3 Å². The molecule has 0 unspecified atom stereocenters. The number of thioether (sulfide) groups is 1. The van der Waals surface area contributed by atoms with E-state index < -0.39 is 0 Å². The largest absolute Gasteiger partial charge is 0.453 e. The number of carbonyl (C=O) groups is 1. The molecule has 0 saturated heterocycles. The number of carbonyl (C=O) groups excluding carboxylic acids is 1. The first-order valence-corrected chi connectivity index (χ1v) is 10.4. The Balaban J connectivity index is 1.50. The van der Waals surface area contributed by atoms with Gasteiger partial charge in [-0.25, -0.2) is 4.98 Å². The summed E-state index contributed by atoms with van der Waals surface area (Å²) in [6, 6.07) is 9.74. The van der Waals surface area contributed by atoms with Gasteiger partial charge in [0, 0.05) is 17.3 Å². The van der Waals surface area contributed by atoms with Crippen molar-refractivity contribution in [2.45, 2.75) is 31.2 Å². The first kappa shape index (κ1) is 18.7. The fourth-order valence-electron chi connectivity index (χ4n) is 2.67. The number of hydrogen-bond acceptors (Lipinski definition) is 7. The fourth-order valence-corrected chi connectivity index (χ4v) is 4.30. The summed E-state index contributed by atoms with van der Waals surface area (Å²) in [6.07, 6.45) is 0. The van der Waals surface area contributed by atoms with Crippen LogP contribution in [0.3, 0.4) is 0 Å². The number of nitrogens with zero attached hydrogens (tertiary/aromatic N) is 4. The summed E-state index contributed by atoms with van der Waals surface area (Å²) >= 11 is 2.82. The molecule has 144 valence electrons. The highest BCUT2D eigenvalue weighted by Gasteiger charge is 2.21. The monoisotopic (exact) mass is 413 g/mol. The van der Waals surface area contributed by atoms with E-state index in [9.17, 15) is 4.79 Å². The van der Waals surface area contributed by atoms with Crippen LogP contribution < -0.4 is 5.32 Å². The molecular formula is C19H19N5O2S2. The summed E-state index contributed by atoms with van der Waals surface area (Å²) in [5.74, 6) is 1.15. The fraction of sp³-hybridized carbons (Fsp3) is 0.263. The molecule has 1 amide bonds. The van der Waals surface area contributed by atoms with E-state index in [1.54, 1.807) is 0 Å². The van der Waals surface area contributed by atoms with Gasteiger partial charge in [0.05, 0.1) is 10.9 Å². The molecule has 4 rings (SSSR count). The lowest BCUT2D eigenvalue weighted by Crippen LogP contribution is -2.22. The van der Waals surface area contributed by atoms with Crippen molar-refractivity contribution in [1.29, 1.82) is 0 Å². The maximum Gasteiger partial charge on any atom is 0.239 e. The average Bonchev–Trinajstić information content (AvgIpc) is 3.33. The van der Waals surface area contributed by atoms with E-state index in [-0.39, 0.29) is 11.2 Å². The molecule has 0 aliphatic heterocycles. The summed E-state index contributed by atoms with van der Waals surface area (Å²) in [5, 5.41) is 13.3. The highest BCUT2D eigenvalue weighted by molar-refractivity contribution is 8.00. The lowest BCUT2D eigenvalue weighted by atomic mass is 10.2. The molecule has 0 spiro atoms. The quantitative estimate of drug-likeness (QED) is 0.488. The van der Waals surface area contributed by atoms with Gasteiger partial charge in [-0.05, 0) is 32.9 Å². The van der Waals surface area contributed by atoms with Gasteiger partial charge in [-0.2, -0.15) is 0 Å².